The van der Waals surface area contributed by atoms with Crippen molar-refractivity contribution in [2.75, 3.05) is 0 Å². The molecular formula is C18H20O2S. The van der Waals surface area contributed by atoms with E-state index in [9.17, 15) is 9.59 Å². The van der Waals surface area contributed by atoms with E-state index in [4.69, 9.17) is 0 Å². The standard InChI is InChI=1S/C18H20O2S/c19-16-10-6-1-2-7-12-18(16)13-11-15(17(18)20)21-14-8-4-3-5-9-14/h3-5,8-9,11H,1-2,6-7,10,12-13H2. The molecule has 2 aliphatic rings. The SMILES string of the molecule is O=C1CCCCCCC12CC=C(Sc1ccccc1)C2=O. The van der Waals surface area contributed by atoms with Crippen molar-refractivity contribution in [2.45, 2.75) is 49.8 Å². The van der Waals surface area contributed by atoms with Gasteiger partial charge in [-0.3, -0.25) is 9.59 Å². The molecule has 110 valence electrons. The van der Waals surface area contributed by atoms with Gasteiger partial charge in [0.15, 0.2) is 5.78 Å². The van der Waals surface area contributed by atoms with Crippen molar-refractivity contribution in [2.24, 2.45) is 5.41 Å². The minimum Gasteiger partial charge on any atom is -0.299 e. The molecule has 0 aromatic heterocycles. The van der Waals surface area contributed by atoms with Gasteiger partial charge in [-0.2, -0.15) is 0 Å². The summed E-state index contributed by atoms with van der Waals surface area (Å²) in [5, 5.41) is 0. The van der Waals surface area contributed by atoms with Gasteiger partial charge in [-0.25, -0.2) is 0 Å². The van der Waals surface area contributed by atoms with Gasteiger partial charge in [-0.15, -0.1) is 0 Å². The molecule has 0 amide bonds. The molecule has 1 fully saturated rings. The van der Waals surface area contributed by atoms with Crippen LogP contribution < -0.4 is 0 Å². The monoisotopic (exact) mass is 300 g/mol. The van der Waals surface area contributed by atoms with E-state index < -0.39 is 5.41 Å². The molecule has 1 saturated carbocycles. The summed E-state index contributed by atoms with van der Waals surface area (Å²) in [6.45, 7) is 0. The molecule has 3 heteroatoms. The van der Waals surface area contributed by atoms with E-state index >= 15 is 0 Å². The molecule has 21 heavy (non-hydrogen) atoms. The highest BCUT2D eigenvalue weighted by Crippen LogP contribution is 2.46. The Kier molecular flexibility index (Phi) is 4.29. The average Bonchev–Trinajstić information content (AvgIpc) is 2.80. The van der Waals surface area contributed by atoms with Gasteiger partial charge in [0.1, 0.15) is 5.78 Å². The Bertz CT molecular complexity index is 576. The van der Waals surface area contributed by atoms with E-state index in [1.165, 1.54) is 11.8 Å². The molecule has 0 N–H and O–H groups in total. The lowest BCUT2D eigenvalue weighted by molar-refractivity contribution is -0.138. The van der Waals surface area contributed by atoms with Gasteiger partial charge in [0.05, 0.1) is 10.3 Å². The molecule has 2 nitrogen and oxygen atoms in total. The van der Waals surface area contributed by atoms with Gasteiger partial charge in [0.25, 0.3) is 0 Å². The Morgan fingerprint density at radius 3 is 2.52 bits per heavy atom. The third kappa shape index (κ3) is 2.84. The minimum absolute atomic E-state index is 0.0725. The second-order valence-electron chi connectivity index (χ2n) is 5.94. The molecule has 1 aromatic carbocycles. The molecule has 0 saturated heterocycles. The number of hydrogen-bond acceptors (Lipinski definition) is 3. The molecule has 3 rings (SSSR count). The van der Waals surface area contributed by atoms with Crippen LogP contribution in [0.4, 0.5) is 0 Å². The smallest absolute Gasteiger partial charge is 0.183 e. The molecular weight excluding hydrogens is 280 g/mol. The number of carbonyl (C=O) groups excluding carboxylic acids is 2. The van der Waals surface area contributed by atoms with E-state index in [-0.39, 0.29) is 11.6 Å². The molecule has 0 radical (unpaired) electrons. The molecule has 0 heterocycles. The molecule has 0 aliphatic heterocycles. The number of allylic oxidation sites excluding steroid dienone is 2. The molecule has 2 aliphatic carbocycles. The van der Waals surface area contributed by atoms with Crippen LogP contribution in [0, 0.1) is 5.41 Å². The maximum atomic E-state index is 12.9. The third-order valence-corrected chi connectivity index (χ3v) is 5.64. The second-order valence-corrected chi connectivity index (χ2v) is 7.05. The zero-order valence-corrected chi connectivity index (χ0v) is 13.0. The Morgan fingerprint density at radius 2 is 1.71 bits per heavy atom. The summed E-state index contributed by atoms with van der Waals surface area (Å²) in [6.07, 6.45) is 8.10. The predicted octanol–water partition coefficient (Wildman–Crippen LogP) is 4.55. The highest BCUT2D eigenvalue weighted by molar-refractivity contribution is 8.04. The number of Topliss-reactive ketones (excluding diaryl/α,β-unsaturated/α-hetero) is 2. The van der Waals surface area contributed by atoms with Gasteiger partial charge in [0.2, 0.25) is 0 Å². The van der Waals surface area contributed by atoms with Crippen molar-refractivity contribution < 1.29 is 9.59 Å². The fraction of sp³-hybridized carbons (Fsp3) is 0.444. The maximum Gasteiger partial charge on any atom is 0.183 e. The highest BCUT2D eigenvalue weighted by atomic mass is 32.2. The third-order valence-electron chi connectivity index (χ3n) is 4.56. The Morgan fingerprint density at radius 1 is 0.952 bits per heavy atom. The number of thioether (sulfide) groups is 1. The van der Waals surface area contributed by atoms with Crippen LogP contribution in [0.2, 0.25) is 0 Å². The Hall–Kier alpha value is -1.35. The normalized spacial score (nSPS) is 26.6. The summed E-state index contributed by atoms with van der Waals surface area (Å²) in [4.78, 5) is 27.2. The van der Waals surface area contributed by atoms with Gasteiger partial charge in [-0.05, 0) is 31.4 Å². The average molecular weight is 300 g/mol. The zero-order valence-electron chi connectivity index (χ0n) is 12.1. The quantitative estimate of drug-likeness (QED) is 0.752. The fourth-order valence-electron chi connectivity index (χ4n) is 3.29. The number of ketones is 2. The number of hydrogen-bond donors (Lipinski definition) is 0. The van der Waals surface area contributed by atoms with Crippen molar-refractivity contribution in [1.29, 1.82) is 0 Å². The highest BCUT2D eigenvalue weighted by Gasteiger charge is 2.48. The van der Waals surface area contributed by atoms with Crippen LogP contribution in [-0.2, 0) is 9.59 Å². The van der Waals surface area contributed by atoms with E-state index in [2.05, 4.69) is 0 Å². The van der Waals surface area contributed by atoms with Gasteiger partial charge in [-0.1, -0.05) is 55.3 Å². The van der Waals surface area contributed by atoms with E-state index in [1.807, 2.05) is 36.4 Å². The number of rotatable bonds is 2. The van der Waals surface area contributed by atoms with Crippen LogP contribution in [0.3, 0.4) is 0 Å². The van der Waals surface area contributed by atoms with Gasteiger partial charge >= 0.3 is 0 Å². The van der Waals surface area contributed by atoms with Crippen LogP contribution in [0.5, 0.6) is 0 Å². The lowest BCUT2D eigenvalue weighted by Gasteiger charge is -2.28. The first kappa shape index (κ1) is 14.6. The summed E-state index contributed by atoms with van der Waals surface area (Å²) in [7, 11) is 0. The molecule has 0 bridgehead atoms. The van der Waals surface area contributed by atoms with E-state index in [0.29, 0.717) is 12.8 Å². The van der Waals surface area contributed by atoms with Crippen LogP contribution in [0.1, 0.15) is 44.9 Å². The largest absolute Gasteiger partial charge is 0.299 e. The molecule has 1 atom stereocenters. The van der Waals surface area contributed by atoms with Crippen molar-refractivity contribution in [1.82, 2.24) is 0 Å². The Labute approximate surface area is 130 Å². The molecule has 1 spiro atoms. The zero-order chi connectivity index (χ0) is 14.7. The summed E-state index contributed by atoms with van der Waals surface area (Å²) < 4.78 is 0. The van der Waals surface area contributed by atoms with Gasteiger partial charge < -0.3 is 0 Å². The number of benzene rings is 1. The maximum absolute atomic E-state index is 12.9. The Balaban J connectivity index is 1.78. The van der Waals surface area contributed by atoms with Gasteiger partial charge in [0, 0.05) is 11.3 Å². The summed E-state index contributed by atoms with van der Waals surface area (Å²) in [5.74, 6) is 0.246. The lowest BCUT2D eigenvalue weighted by atomic mass is 9.73. The summed E-state index contributed by atoms with van der Waals surface area (Å²) >= 11 is 1.50. The first-order valence-corrected chi connectivity index (χ1v) is 8.55. The van der Waals surface area contributed by atoms with E-state index in [0.717, 1.165) is 41.9 Å². The van der Waals surface area contributed by atoms with Crippen molar-refractivity contribution in [3.8, 4) is 0 Å². The fourth-order valence-corrected chi connectivity index (χ4v) is 4.29. The van der Waals surface area contributed by atoms with Crippen LogP contribution >= 0.6 is 11.8 Å². The predicted molar refractivity (Wildman–Crippen MR) is 85.1 cm³/mol. The first-order valence-electron chi connectivity index (χ1n) is 7.73. The lowest BCUT2D eigenvalue weighted by Crippen LogP contribution is -2.37. The molecule has 1 unspecified atom stereocenters. The minimum atomic E-state index is -0.725. The summed E-state index contributed by atoms with van der Waals surface area (Å²) in [5.41, 5.74) is -0.725. The number of carbonyl (C=O) groups is 2. The van der Waals surface area contributed by atoms with Crippen molar-refractivity contribution >= 4 is 23.3 Å². The summed E-state index contributed by atoms with van der Waals surface area (Å²) in [6, 6.07) is 9.92. The van der Waals surface area contributed by atoms with Crippen molar-refractivity contribution in [3.63, 3.8) is 0 Å². The van der Waals surface area contributed by atoms with Crippen LogP contribution in [0.25, 0.3) is 0 Å². The van der Waals surface area contributed by atoms with Crippen LogP contribution in [0.15, 0.2) is 46.2 Å². The van der Waals surface area contributed by atoms with Crippen molar-refractivity contribution in [3.05, 3.63) is 41.3 Å². The topological polar surface area (TPSA) is 34.1 Å². The second kappa shape index (κ2) is 6.18. The van der Waals surface area contributed by atoms with Crippen LogP contribution in [-0.4, -0.2) is 11.6 Å². The molecule has 1 aromatic rings. The van der Waals surface area contributed by atoms with E-state index in [1.54, 1.807) is 0 Å². The first-order chi connectivity index (χ1) is 10.2.